The molecule has 1 aromatic rings. The molecule has 7 heteroatoms. The van der Waals surface area contributed by atoms with Gasteiger partial charge in [-0.15, -0.1) is 0 Å². The van der Waals surface area contributed by atoms with E-state index in [-0.39, 0.29) is 13.1 Å². The van der Waals surface area contributed by atoms with Gasteiger partial charge >= 0.3 is 11.2 Å². The second-order valence-electron chi connectivity index (χ2n) is 3.19. The van der Waals surface area contributed by atoms with Gasteiger partial charge in [0, 0.05) is 29.8 Å². The van der Waals surface area contributed by atoms with E-state index in [4.69, 9.17) is 5.73 Å². The van der Waals surface area contributed by atoms with Crippen molar-refractivity contribution >= 4 is 21.6 Å². The predicted molar refractivity (Wildman–Crippen MR) is 63.3 cm³/mol. The average molecular weight is 288 g/mol. The molecule has 0 radical (unpaired) electrons. The Morgan fingerprint density at radius 3 is 2.81 bits per heavy atom. The van der Waals surface area contributed by atoms with Crippen LogP contribution in [0.15, 0.2) is 33.7 Å². The lowest BCUT2D eigenvalue weighted by atomic mass is 10.3. The summed E-state index contributed by atoms with van der Waals surface area (Å²) >= 11 is 3.10. The van der Waals surface area contributed by atoms with Gasteiger partial charge < -0.3 is 10.3 Å². The number of hydrogen-bond acceptors (Lipinski definition) is 4. The van der Waals surface area contributed by atoms with Crippen LogP contribution in [0, 0.1) is 10.1 Å². The molecule has 0 fully saturated rings. The molecule has 16 heavy (non-hydrogen) atoms. The summed E-state index contributed by atoms with van der Waals surface area (Å²) in [4.78, 5) is 21.5. The molecule has 0 aliphatic rings. The summed E-state index contributed by atoms with van der Waals surface area (Å²) in [5, 5.41) is 10.6. The topological polar surface area (TPSA) is 91.2 Å². The molecule has 1 aromatic heterocycles. The van der Waals surface area contributed by atoms with Crippen molar-refractivity contribution in [3.63, 3.8) is 0 Å². The second kappa shape index (κ2) is 5.04. The summed E-state index contributed by atoms with van der Waals surface area (Å²) in [5.74, 6) is 0. The number of rotatable bonds is 4. The molecule has 2 N–H and O–H groups in total. The predicted octanol–water partition coefficient (Wildman–Crippen LogP) is 1.03. The zero-order chi connectivity index (χ0) is 12.3. The summed E-state index contributed by atoms with van der Waals surface area (Å²) in [6.45, 7) is 4.05. The molecule has 0 saturated heterocycles. The van der Waals surface area contributed by atoms with Crippen LogP contribution < -0.4 is 11.3 Å². The van der Waals surface area contributed by atoms with Crippen molar-refractivity contribution in [2.75, 3.05) is 6.54 Å². The third-order valence-electron chi connectivity index (χ3n) is 1.91. The number of nitrogens with two attached hydrogens (primary N) is 1. The third kappa shape index (κ3) is 2.77. The molecular weight excluding hydrogens is 278 g/mol. The Morgan fingerprint density at radius 2 is 2.31 bits per heavy atom. The Labute approximate surface area is 99.7 Å². The summed E-state index contributed by atoms with van der Waals surface area (Å²) in [5.41, 5.74) is 4.83. The molecule has 0 aromatic carbocycles. The lowest BCUT2D eigenvalue weighted by Gasteiger charge is -2.06. The van der Waals surface area contributed by atoms with Crippen LogP contribution in [-0.2, 0) is 6.54 Å². The van der Waals surface area contributed by atoms with Crippen molar-refractivity contribution in [1.29, 1.82) is 0 Å². The maximum Gasteiger partial charge on any atom is 0.335 e. The molecule has 1 rings (SSSR count). The molecule has 0 aliphatic heterocycles. The molecule has 0 aliphatic carbocycles. The van der Waals surface area contributed by atoms with E-state index in [0.717, 1.165) is 0 Å². The molecule has 86 valence electrons. The Balaban J connectivity index is 3.25. The summed E-state index contributed by atoms with van der Waals surface area (Å²) in [7, 11) is 0. The quantitative estimate of drug-likeness (QED) is 0.509. The van der Waals surface area contributed by atoms with E-state index in [0.29, 0.717) is 10.0 Å². The second-order valence-corrected chi connectivity index (χ2v) is 4.10. The number of nitrogens with zero attached hydrogens (tertiary/aromatic N) is 2. The number of nitro groups is 1. The normalized spacial score (nSPS) is 10.1. The fourth-order valence-corrected chi connectivity index (χ4v) is 1.60. The van der Waals surface area contributed by atoms with Crippen LogP contribution in [0.1, 0.15) is 0 Å². The highest BCUT2D eigenvalue weighted by Gasteiger charge is 2.15. The van der Waals surface area contributed by atoms with Gasteiger partial charge in [0.05, 0.1) is 4.92 Å². The first-order valence-corrected chi connectivity index (χ1v) is 5.16. The van der Waals surface area contributed by atoms with Crippen molar-refractivity contribution in [3.8, 4) is 0 Å². The van der Waals surface area contributed by atoms with Crippen LogP contribution in [0.4, 0.5) is 5.69 Å². The molecule has 0 spiro atoms. The van der Waals surface area contributed by atoms with Crippen LogP contribution in [0.3, 0.4) is 0 Å². The third-order valence-corrected chi connectivity index (χ3v) is 2.35. The lowest BCUT2D eigenvalue weighted by Crippen LogP contribution is -2.24. The van der Waals surface area contributed by atoms with E-state index >= 15 is 0 Å². The van der Waals surface area contributed by atoms with Gasteiger partial charge in [-0.25, -0.2) is 0 Å². The van der Waals surface area contributed by atoms with Crippen LogP contribution >= 0.6 is 15.9 Å². The van der Waals surface area contributed by atoms with Crippen molar-refractivity contribution in [2.45, 2.75) is 6.54 Å². The number of halogens is 1. The smallest absolute Gasteiger partial charge is 0.327 e. The standard InChI is InChI=1S/C9H10BrN3O3/c1-6(3-11)4-12-5-7(10)2-8(9(12)14)13(15)16/h2,5H,1,3-4,11H2. The van der Waals surface area contributed by atoms with Crippen LogP contribution in [0.2, 0.25) is 0 Å². The van der Waals surface area contributed by atoms with Gasteiger partial charge in [-0.05, 0) is 21.5 Å². The minimum Gasteiger partial charge on any atom is -0.327 e. The highest BCUT2D eigenvalue weighted by Crippen LogP contribution is 2.14. The maximum absolute atomic E-state index is 11.6. The minimum atomic E-state index is -0.713. The number of aromatic nitrogens is 1. The minimum absolute atomic E-state index is 0.176. The lowest BCUT2D eigenvalue weighted by molar-refractivity contribution is -0.386. The molecule has 0 bridgehead atoms. The first-order valence-electron chi connectivity index (χ1n) is 4.36. The van der Waals surface area contributed by atoms with Gasteiger partial charge in [-0.1, -0.05) is 6.58 Å². The van der Waals surface area contributed by atoms with Gasteiger partial charge in [0.1, 0.15) is 0 Å². The molecule has 0 unspecified atom stereocenters. The fourth-order valence-electron chi connectivity index (χ4n) is 1.14. The maximum atomic E-state index is 11.6. The van der Waals surface area contributed by atoms with E-state index in [9.17, 15) is 14.9 Å². The van der Waals surface area contributed by atoms with Crippen LogP contribution in [0.25, 0.3) is 0 Å². The van der Waals surface area contributed by atoms with E-state index in [2.05, 4.69) is 22.5 Å². The van der Waals surface area contributed by atoms with Crippen molar-refractivity contribution < 1.29 is 4.92 Å². The summed E-state index contributed by atoms with van der Waals surface area (Å²) in [6.07, 6.45) is 1.47. The molecule has 0 amide bonds. The van der Waals surface area contributed by atoms with Crippen LogP contribution in [0.5, 0.6) is 0 Å². The Kier molecular flexibility index (Phi) is 3.97. The van der Waals surface area contributed by atoms with E-state index in [1.54, 1.807) is 0 Å². The molecule has 0 atom stereocenters. The monoisotopic (exact) mass is 287 g/mol. The van der Waals surface area contributed by atoms with Gasteiger partial charge in [0.2, 0.25) is 0 Å². The Bertz CT molecular complexity index is 495. The summed E-state index contributed by atoms with van der Waals surface area (Å²) in [6, 6.07) is 1.17. The average Bonchev–Trinajstić information content (AvgIpc) is 2.22. The fraction of sp³-hybridized carbons (Fsp3) is 0.222. The van der Waals surface area contributed by atoms with Crippen molar-refractivity contribution in [1.82, 2.24) is 4.57 Å². The summed E-state index contributed by atoms with van der Waals surface area (Å²) < 4.78 is 1.67. The highest BCUT2D eigenvalue weighted by molar-refractivity contribution is 9.10. The SMILES string of the molecule is C=C(CN)Cn1cc(Br)cc([N+](=O)[O-])c1=O. The number of pyridine rings is 1. The number of hydrogen-bond donors (Lipinski definition) is 1. The van der Waals surface area contributed by atoms with E-state index in [1.807, 2.05) is 0 Å². The zero-order valence-corrected chi connectivity index (χ0v) is 9.94. The Hall–Kier alpha value is -1.47. The molecular formula is C9H10BrN3O3. The van der Waals surface area contributed by atoms with E-state index in [1.165, 1.54) is 16.8 Å². The van der Waals surface area contributed by atoms with Crippen molar-refractivity contribution in [2.24, 2.45) is 5.73 Å². The molecule has 0 saturated carbocycles. The van der Waals surface area contributed by atoms with Crippen LogP contribution in [-0.4, -0.2) is 16.0 Å². The molecule has 6 nitrogen and oxygen atoms in total. The first kappa shape index (κ1) is 12.6. The van der Waals surface area contributed by atoms with Gasteiger partial charge in [0.15, 0.2) is 0 Å². The van der Waals surface area contributed by atoms with Gasteiger partial charge in [-0.2, -0.15) is 0 Å². The highest BCUT2D eigenvalue weighted by atomic mass is 79.9. The zero-order valence-electron chi connectivity index (χ0n) is 8.35. The van der Waals surface area contributed by atoms with E-state index < -0.39 is 16.2 Å². The molecule has 1 heterocycles. The first-order chi connectivity index (χ1) is 7.45. The van der Waals surface area contributed by atoms with Crippen molar-refractivity contribution in [3.05, 3.63) is 49.4 Å². The Morgan fingerprint density at radius 1 is 1.69 bits per heavy atom. The van der Waals surface area contributed by atoms with Gasteiger partial charge in [-0.3, -0.25) is 14.9 Å². The van der Waals surface area contributed by atoms with Gasteiger partial charge in [0.25, 0.3) is 0 Å². The largest absolute Gasteiger partial charge is 0.335 e.